The van der Waals surface area contributed by atoms with Crippen molar-refractivity contribution >= 4 is 11.4 Å². The molecule has 1 heteroatoms. The van der Waals surface area contributed by atoms with Gasteiger partial charge in [0.2, 0.25) is 0 Å². The van der Waals surface area contributed by atoms with Crippen LogP contribution in [0.1, 0.15) is 25.8 Å². The molecule has 0 aliphatic carbocycles. The highest BCUT2D eigenvalue weighted by Crippen LogP contribution is 2.27. The van der Waals surface area contributed by atoms with E-state index in [9.17, 15) is 0 Å². The van der Waals surface area contributed by atoms with Gasteiger partial charge in [0.1, 0.15) is 0 Å². The van der Waals surface area contributed by atoms with Gasteiger partial charge in [-0.1, -0.05) is 32.0 Å². The molecule has 0 unspecified atom stereocenters. The van der Waals surface area contributed by atoms with Crippen molar-refractivity contribution in [2.24, 2.45) is 10.9 Å². The molecule has 0 fully saturated rings. The average molecular weight is 173 g/mol. The third-order valence-electron chi connectivity index (χ3n) is 2.31. The summed E-state index contributed by atoms with van der Waals surface area (Å²) in [5.74, 6) is 0.716. The smallest absolute Gasteiger partial charge is 0.0664 e. The summed E-state index contributed by atoms with van der Waals surface area (Å²) in [5.41, 5.74) is 3.91. The lowest BCUT2D eigenvalue weighted by Gasteiger charge is -2.02. The molecule has 1 aliphatic heterocycles. The number of nitrogens with zero attached hydrogens (tertiary/aromatic N) is 1. The first-order chi connectivity index (χ1) is 6.25. The first kappa shape index (κ1) is 8.49. The number of benzene rings is 1. The maximum atomic E-state index is 4.61. The van der Waals surface area contributed by atoms with Crippen molar-refractivity contribution in [1.29, 1.82) is 0 Å². The number of hydrogen-bond donors (Lipinski definition) is 0. The van der Waals surface area contributed by atoms with Gasteiger partial charge in [-0.3, -0.25) is 4.99 Å². The van der Waals surface area contributed by atoms with E-state index in [0.717, 1.165) is 12.8 Å². The van der Waals surface area contributed by atoms with Crippen molar-refractivity contribution in [2.75, 3.05) is 0 Å². The molecule has 0 atom stereocenters. The molecular weight excluding hydrogens is 158 g/mol. The van der Waals surface area contributed by atoms with Gasteiger partial charge >= 0.3 is 0 Å². The van der Waals surface area contributed by atoms with Crippen LogP contribution in [0.5, 0.6) is 0 Å². The highest BCUT2D eigenvalue weighted by atomic mass is 14.8. The Kier molecular flexibility index (Phi) is 2.17. The van der Waals surface area contributed by atoms with E-state index in [0.29, 0.717) is 5.92 Å². The van der Waals surface area contributed by atoms with Crippen LogP contribution in [0.15, 0.2) is 29.3 Å². The van der Waals surface area contributed by atoms with Crippen LogP contribution in [0.2, 0.25) is 0 Å². The quantitative estimate of drug-likeness (QED) is 0.650. The van der Waals surface area contributed by atoms with E-state index in [2.05, 4.69) is 43.1 Å². The van der Waals surface area contributed by atoms with Crippen molar-refractivity contribution < 1.29 is 0 Å². The van der Waals surface area contributed by atoms with E-state index < -0.39 is 0 Å². The molecule has 2 rings (SSSR count). The molecule has 0 radical (unpaired) electrons. The Balaban J connectivity index is 2.17. The highest BCUT2D eigenvalue weighted by molar-refractivity contribution is 5.93. The Morgan fingerprint density at radius 2 is 2.08 bits per heavy atom. The van der Waals surface area contributed by atoms with Gasteiger partial charge in [-0.2, -0.15) is 0 Å². The summed E-state index contributed by atoms with van der Waals surface area (Å²) in [5, 5.41) is 0. The number of aliphatic imine (C=N–C) groups is 1. The van der Waals surface area contributed by atoms with Crippen molar-refractivity contribution in [1.82, 2.24) is 0 Å². The molecule has 0 N–H and O–H groups in total. The first-order valence-corrected chi connectivity index (χ1v) is 4.90. The molecule has 1 aromatic carbocycles. The number of fused-ring (bicyclic) bond motifs is 1. The van der Waals surface area contributed by atoms with Gasteiger partial charge in [0, 0.05) is 12.1 Å². The molecule has 68 valence electrons. The summed E-state index contributed by atoms with van der Waals surface area (Å²) in [6, 6.07) is 8.42. The summed E-state index contributed by atoms with van der Waals surface area (Å²) in [6.07, 6.45) is 2.20. The summed E-state index contributed by atoms with van der Waals surface area (Å²) in [7, 11) is 0. The summed E-state index contributed by atoms with van der Waals surface area (Å²) >= 11 is 0. The topological polar surface area (TPSA) is 12.4 Å². The molecular formula is C12H15N. The zero-order valence-corrected chi connectivity index (χ0v) is 8.25. The van der Waals surface area contributed by atoms with E-state index in [1.54, 1.807) is 0 Å². The zero-order chi connectivity index (χ0) is 9.26. The van der Waals surface area contributed by atoms with Gasteiger partial charge < -0.3 is 0 Å². The van der Waals surface area contributed by atoms with Crippen LogP contribution in [0.25, 0.3) is 0 Å². The van der Waals surface area contributed by atoms with Crippen LogP contribution >= 0.6 is 0 Å². The molecule has 1 aliphatic rings. The number of rotatable bonds is 2. The van der Waals surface area contributed by atoms with Crippen LogP contribution < -0.4 is 0 Å². The van der Waals surface area contributed by atoms with Gasteiger partial charge in [0.15, 0.2) is 0 Å². The molecule has 0 aromatic heterocycles. The fourth-order valence-electron chi connectivity index (χ4n) is 1.79. The summed E-state index contributed by atoms with van der Waals surface area (Å²) < 4.78 is 0. The fraction of sp³-hybridized carbons (Fsp3) is 0.417. The Bertz CT molecular complexity index is 337. The van der Waals surface area contributed by atoms with Crippen LogP contribution in [-0.2, 0) is 6.42 Å². The third kappa shape index (κ3) is 1.80. The Hall–Kier alpha value is -1.11. The van der Waals surface area contributed by atoms with Crippen molar-refractivity contribution in [3.8, 4) is 0 Å². The number of hydrogen-bond acceptors (Lipinski definition) is 1. The van der Waals surface area contributed by atoms with Crippen molar-refractivity contribution in [3.05, 3.63) is 29.8 Å². The minimum absolute atomic E-state index is 0.716. The predicted octanol–water partition coefficient (Wildman–Crippen LogP) is 3.36. The van der Waals surface area contributed by atoms with Gasteiger partial charge in [0.05, 0.1) is 5.69 Å². The van der Waals surface area contributed by atoms with Crippen molar-refractivity contribution in [3.63, 3.8) is 0 Å². The minimum atomic E-state index is 0.716. The molecule has 0 bridgehead atoms. The van der Waals surface area contributed by atoms with Gasteiger partial charge in [-0.25, -0.2) is 0 Å². The van der Waals surface area contributed by atoms with Gasteiger partial charge in [-0.15, -0.1) is 0 Å². The van der Waals surface area contributed by atoms with E-state index in [1.807, 2.05) is 0 Å². The molecule has 1 nitrogen and oxygen atoms in total. The van der Waals surface area contributed by atoms with Gasteiger partial charge in [0.25, 0.3) is 0 Å². The molecule has 0 spiro atoms. The number of para-hydroxylation sites is 1. The monoisotopic (exact) mass is 173 g/mol. The minimum Gasteiger partial charge on any atom is -0.257 e. The largest absolute Gasteiger partial charge is 0.257 e. The Morgan fingerprint density at radius 3 is 2.77 bits per heavy atom. The van der Waals surface area contributed by atoms with Crippen LogP contribution in [0, 0.1) is 5.92 Å². The molecule has 0 saturated carbocycles. The van der Waals surface area contributed by atoms with E-state index in [4.69, 9.17) is 0 Å². The van der Waals surface area contributed by atoms with Crippen LogP contribution in [0.3, 0.4) is 0 Å². The normalized spacial score (nSPS) is 14.5. The third-order valence-corrected chi connectivity index (χ3v) is 2.31. The lowest BCUT2D eigenvalue weighted by Crippen LogP contribution is -2.02. The Labute approximate surface area is 79.5 Å². The van der Waals surface area contributed by atoms with Crippen molar-refractivity contribution in [2.45, 2.75) is 26.7 Å². The zero-order valence-electron chi connectivity index (χ0n) is 8.25. The fourth-order valence-corrected chi connectivity index (χ4v) is 1.79. The second-order valence-electron chi connectivity index (χ2n) is 4.08. The lowest BCUT2D eigenvalue weighted by atomic mass is 10.0. The van der Waals surface area contributed by atoms with Crippen LogP contribution in [-0.4, -0.2) is 5.71 Å². The second kappa shape index (κ2) is 3.33. The SMILES string of the molecule is CC(C)CC1=Nc2ccccc2C1. The molecule has 13 heavy (non-hydrogen) atoms. The maximum absolute atomic E-state index is 4.61. The summed E-state index contributed by atoms with van der Waals surface area (Å²) in [6.45, 7) is 4.48. The standard InChI is InChI=1S/C12H15N/c1-9(2)7-11-8-10-5-3-4-6-12(10)13-11/h3-6,9H,7-8H2,1-2H3. The highest BCUT2D eigenvalue weighted by Gasteiger charge is 2.13. The van der Waals surface area contributed by atoms with E-state index >= 15 is 0 Å². The lowest BCUT2D eigenvalue weighted by molar-refractivity contribution is 0.681. The van der Waals surface area contributed by atoms with Crippen LogP contribution in [0.4, 0.5) is 5.69 Å². The average Bonchev–Trinajstić information content (AvgIpc) is 2.44. The predicted molar refractivity (Wildman–Crippen MR) is 56.7 cm³/mol. The Morgan fingerprint density at radius 1 is 1.31 bits per heavy atom. The van der Waals surface area contributed by atoms with E-state index in [-0.39, 0.29) is 0 Å². The van der Waals surface area contributed by atoms with E-state index in [1.165, 1.54) is 17.0 Å². The molecule has 0 saturated heterocycles. The maximum Gasteiger partial charge on any atom is 0.0664 e. The molecule has 1 aromatic rings. The molecule has 1 heterocycles. The molecule has 0 amide bonds. The first-order valence-electron chi connectivity index (χ1n) is 4.90. The van der Waals surface area contributed by atoms with Gasteiger partial charge in [-0.05, 0) is 24.0 Å². The second-order valence-corrected chi connectivity index (χ2v) is 4.08. The summed E-state index contributed by atoms with van der Waals surface area (Å²) in [4.78, 5) is 4.61.